The lowest BCUT2D eigenvalue weighted by Gasteiger charge is -2.10. The Bertz CT molecular complexity index is 845. The van der Waals surface area contributed by atoms with Crippen molar-refractivity contribution in [1.29, 1.82) is 0 Å². The van der Waals surface area contributed by atoms with Gasteiger partial charge in [-0.3, -0.25) is 0 Å². The Hall–Kier alpha value is -2.19. The fourth-order valence-electron chi connectivity index (χ4n) is 3.08. The third-order valence-electron chi connectivity index (χ3n) is 4.53. The number of hydrogen-bond acceptors (Lipinski definition) is 0. The van der Waals surface area contributed by atoms with Gasteiger partial charge in [-0.1, -0.05) is 67.8 Å². The van der Waals surface area contributed by atoms with Gasteiger partial charge in [0.25, 0.3) is 0 Å². The van der Waals surface area contributed by atoms with Crippen LogP contribution in [0, 0.1) is 11.6 Å². The lowest BCUT2D eigenvalue weighted by atomic mass is 9.97. The number of hydrogen-bond donors (Lipinski definition) is 0. The van der Waals surface area contributed by atoms with E-state index in [2.05, 4.69) is 6.92 Å². The second-order valence-electron chi connectivity index (χ2n) is 6.48. The Morgan fingerprint density at radius 1 is 0.731 bits per heavy atom. The molecule has 0 aliphatic carbocycles. The average Bonchev–Trinajstić information content (AvgIpc) is 2.63. The van der Waals surface area contributed by atoms with E-state index >= 15 is 0 Å². The molecule has 0 aromatic heterocycles. The first-order chi connectivity index (χ1) is 12.6. The first kappa shape index (κ1) is 18.6. The monoisotopic (exact) mass is 370 g/mol. The molecule has 0 N–H and O–H groups in total. The maximum Gasteiger partial charge on any atom is 0.134 e. The largest absolute Gasteiger partial charge is 0.206 e. The van der Waals surface area contributed by atoms with Gasteiger partial charge in [-0.25, -0.2) is 8.78 Å². The van der Waals surface area contributed by atoms with E-state index < -0.39 is 11.6 Å². The fourth-order valence-corrected chi connectivity index (χ4v) is 3.20. The molecule has 0 aliphatic rings. The van der Waals surface area contributed by atoms with Gasteiger partial charge in [-0.2, -0.15) is 0 Å². The summed E-state index contributed by atoms with van der Waals surface area (Å²) in [6.07, 6.45) is 4.60. The molecule has 26 heavy (non-hydrogen) atoms. The highest BCUT2D eigenvalue weighted by Gasteiger charge is 2.14. The van der Waals surface area contributed by atoms with E-state index in [1.807, 2.05) is 24.3 Å². The molecule has 3 rings (SSSR count). The molecule has 0 saturated heterocycles. The summed E-state index contributed by atoms with van der Waals surface area (Å²) in [5, 5.41) is 0.533. The molecule has 0 heterocycles. The summed E-state index contributed by atoms with van der Waals surface area (Å²) >= 11 is 5.85. The fraction of sp³-hybridized carbons (Fsp3) is 0.217. The summed E-state index contributed by atoms with van der Waals surface area (Å²) in [5.41, 5.74) is 3.05. The molecule has 0 radical (unpaired) electrons. The summed E-state index contributed by atoms with van der Waals surface area (Å²) in [6.45, 7) is 2.18. The molecule has 0 fully saturated rings. The van der Waals surface area contributed by atoms with E-state index in [1.165, 1.54) is 30.5 Å². The van der Waals surface area contributed by atoms with Crippen LogP contribution in [-0.2, 0) is 6.42 Å². The molecule has 0 amide bonds. The lowest BCUT2D eigenvalue weighted by molar-refractivity contribution is 0.590. The normalized spacial score (nSPS) is 10.9. The van der Waals surface area contributed by atoms with Crippen molar-refractivity contribution in [2.45, 2.75) is 32.6 Å². The molecule has 0 atom stereocenters. The van der Waals surface area contributed by atoms with Gasteiger partial charge in [0.1, 0.15) is 11.6 Å². The highest BCUT2D eigenvalue weighted by atomic mass is 35.5. The molecule has 3 aromatic rings. The van der Waals surface area contributed by atoms with Gasteiger partial charge in [0.15, 0.2) is 0 Å². The SMILES string of the molecule is CCCCCc1ccc(-c2cc(F)c(-c3ccc(Cl)cc3)c(F)c2)cc1. The Morgan fingerprint density at radius 3 is 1.88 bits per heavy atom. The molecule has 3 aromatic carbocycles. The summed E-state index contributed by atoms with van der Waals surface area (Å²) in [7, 11) is 0. The summed E-state index contributed by atoms with van der Waals surface area (Å²) in [4.78, 5) is 0. The minimum Gasteiger partial charge on any atom is -0.206 e. The Balaban J connectivity index is 1.86. The topological polar surface area (TPSA) is 0 Å². The van der Waals surface area contributed by atoms with Crippen molar-refractivity contribution < 1.29 is 8.78 Å². The van der Waals surface area contributed by atoms with Crippen LogP contribution in [0.2, 0.25) is 5.02 Å². The van der Waals surface area contributed by atoms with Gasteiger partial charge in [0.05, 0.1) is 5.56 Å². The van der Waals surface area contributed by atoms with E-state index in [0.29, 0.717) is 16.1 Å². The molecule has 0 aliphatic heterocycles. The van der Waals surface area contributed by atoms with Crippen molar-refractivity contribution in [3.8, 4) is 22.3 Å². The van der Waals surface area contributed by atoms with Gasteiger partial charge in [-0.05, 0) is 59.4 Å². The minimum absolute atomic E-state index is 0.0263. The molecule has 3 heteroatoms. The smallest absolute Gasteiger partial charge is 0.134 e. The summed E-state index contributed by atoms with van der Waals surface area (Å²) in [5.74, 6) is -1.15. The lowest BCUT2D eigenvalue weighted by Crippen LogP contribution is -1.93. The summed E-state index contributed by atoms with van der Waals surface area (Å²) < 4.78 is 29.2. The maximum atomic E-state index is 14.6. The van der Waals surface area contributed by atoms with Gasteiger partial charge in [0, 0.05) is 5.02 Å². The zero-order valence-corrected chi connectivity index (χ0v) is 15.5. The highest BCUT2D eigenvalue weighted by molar-refractivity contribution is 6.30. The Morgan fingerprint density at radius 2 is 1.31 bits per heavy atom. The third-order valence-corrected chi connectivity index (χ3v) is 4.78. The third kappa shape index (κ3) is 4.31. The van der Waals surface area contributed by atoms with Crippen LogP contribution in [0.3, 0.4) is 0 Å². The molecule has 134 valence electrons. The van der Waals surface area contributed by atoms with E-state index in [4.69, 9.17) is 11.6 Å². The van der Waals surface area contributed by atoms with Crippen LogP contribution in [0.1, 0.15) is 31.7 Å². The first-order valence-electron chi connectivity index (χ1n) is 8.93. The van der Waals surface area contributed by atoms with Gasteiger partial charge < -0.3 is 0 Å². The predicted octanol–water partition coefficient (Wildman–Crippen LogP) is 7.68. The van der Waals surface area contributed by atoms with Crippen LogP contribution >= 0.6 is 11.6 Å². The number of aryl methyl sites for hydroxylation is 1. The van der Waals surface area contributed by atoms with Gasteiger partial charge >= 0.3 is 0 Å². The molecule has 0 spiro atoms. The van der Waals surface area contributed by atoms with Crippen LogP contribution < -0.4 is 0 Å². The van der Waals surface area contributed by atoms with Crippen molar-refractivity contribution >= 4 is 11.6 Å². The standard InChI is InChI=1S/C23H21ClF2/c1-2-3-4-5-16-6-8-17(9-7-16)19-14-21(25)23(22(26)15-19)18-10-12-20(24)13-11-18/h6-15H,2-5H2,1H3. The van der Waals surface area contributed by atoms with Crippen LogP contribution in [0.5, 0.6) is 0 Å². The Labute approximate surface area is 158 Å². The van der Waals surface area contributed by atoms with Crippen LogP contribution in [0.4, 0.5) is 8.78 Å². The van der Waals surface area contributed by atoms with Gasteiger partial charge in [-0.15, -0.1) is 0 Å². The van der Waals surface area contributed by atoms with Crippen LogP contribution in [0.15, 0.2) is 60.7 Å². The average molecular weight is 371 g/mol. The van der Waals surface area contributed by atoms with Gasteiger partial charge in [0.2, 0.25) is 0 Å². The van der Waals surface area contributed by atoms with Crippen molar-refractivity contribution in [2.24, 2.45) is 0 Å². The number of benzene rings is 3. The first-order valence-corrected chi connectivity index (χ1v) is 9.30. The maximum absolute atomic E-state index is 14.6. The van der Waals surface area contributed by atoms with Crippen molar-refractivity contribution in [1.82, 2.24) is 0 Å². The van der Waals surface area contributed by atoms with Crippen molar-refractivity contribution in [3.05, 3.63) is 82.9 Å². The molecule has 0 unspecified atom stereocenters. The molecular weight excluding hydrogens is 350 g/mol. The van der Waals surface area contributed by atoms with E-state index in [9.17, 15) is 8.78 Å². The van der Waals surface area contributed by atoms with E-state index in [1.54, 1.807) is 24.3 Å². The second-order valence-corrected chi connectivity index (χ2v) is 6.91. The quantitative estimate of drug-likeness (QED) is 0.390. The molecule has 0 saturated carbocycles. The highest BCUT2D eigenvalue weighted by Crippen LogP contribution is 2.31. The predicted molar refractivity (Wildman–Crippen MR) is 105 cm³/mol. The minimum atomic E-state index is -0.575. The zero-order valence-electron chi connectivity index (χ0n) is 14.7. The van der Waals surface area contributed by atoms with Crippen molar-refractivity contribution in [3.63, 3.8) is 0 Å². The number of halogens is 3. The molecular formula is C23H21ClF2. The van der Waals surface area contributed by atoms with E-state index in [0.717, 1.165) is 18.4 Å². The second kappa shape index (κ2) is 8.46. The molecule has 0 nitrogen and oxygen atoms in total. The summed E-state index contributed by atoms with van der Waals surface area (Å²) in [6, 6.07) is 17.2. The van der Waals surface area contributed by atoms with Crippen LogP contribution in [-0.4, -0.2) is 0 Å². The number of rotatable bonds is 6. The van der Waals surface area contributed by atoms with Crippen LogP contribution in [0.25, 0.3) is 22.3 Å². The zero-order chi connectivity index (χ0) is 18.5. The van der Waals surface area contributed by atoms with E-state index in [-0.39, 0.29) is 5.56 Å². The van der Waals surface area contributed by atoms with Crippen molar-refractivity contribution in [2.75, 3.05) is 0 Å². The number of unbranched alkanes of at least 4 members (excludes halogenated alkanes) is 2. The molecule has 0 bridgehead atoms. The Kier molecular flexibility index (Phi) is 6.05.